The second-order valence-corrected chi connectivity index (χ2v) is 1.70. The maximum Gasteiger partial charge on any atom is 0.253 e. The normalized spacial score (nSPS) is 8.67. The summed E-state index contributed by atoms with van der Waals surface area (Å²) in [6.45, 7) is 2.88. The maximum atomic E-state index is 11.5. The van der Waals surface area contributed by atoms with Gasteiger partial charge in [-0.15, -0.1) is 6.58 Å². The van der Waals surface area contributed by atoms with E-state index in [1.165, 1.54) is 11.9 Å². The number of alkyl halides is 1. The quantitative estimate of drug-likeness (QED) is 0.513. The van der Waals surface area contributed by atoms with Crippen LogP contribution in [-0.2, 0) is 4.79 Å². The van der Waals surface area contributed by atoms with Crippen LogP contribution in [0.3, 0.4) is 0 Å². The van der Waals surface area contributed by atoms with E-state index >= 15 is 0 Å². The van der Waals surface area contributed by atoms with Gasteiger partial charge in [0.25, 0.3) is 5.91 Å². The molecule has 0 aliphatic heterocycles. The third-order valence-corrected chi connectivity index (χ3v) is 0.943. The Bertz CT molecular complexity index is 114. The first-order valence-electron chi connectivity index (χ1n) is 2.63. The third kappa shape index (κ3) is 2.85. The first-order chi connectivity index (χ1) is 4.22. The van der Waals surface area contributed by atoms with Gasteiger partial charge in [0.1, 0.15) is 0 Å². The SMILES string of the molecule is C=CCN(C)C(=O)CF. The molecule has 0 atom stereocenters. The molecule has 0 aromatic rings. The molecular formula is C6H10FNO. The molecule has 0 aliphatic rings. The molecule has 2 nitrogen and oxygen atoms in total. The lowest BCUT2D eigenvalue weighted by molar-refractivity contribution is -0.130. The second-order valence-electron chi connectivity index (χ2n) is 1.70. The molecule has 0 aromatic carbocycles. The van der Waals surface area contributed by atoms with E-state index in [-0.39, 0.29) is 0 Å². The van der Waals surface area contributed by atoms with E-state index in [2.05, 4.69) is 6.58 Å². The Morgan fingerprint density at radius 2 is 2.44 bits per heavy atom. The molecule has 0 aliphatic carbocycles. The molecular weight excluding hydrogens is 121 g/mol. The highest BCUT2D eigenvalue weighted by atomic mass is 19.1. The van der Waals surface area contributed by atoms with Crippen molar-refractivity contribution in [1.82, 2.24) is 4.90 Å². The monoisotopic (exact) mass is 131 g/mol. The van der Waals surface area contributed by atoms with Crippen LogP contribution in [0.4, 0.5) is 4.39 Å². The van der Waals surface area contributed by atoms with Crippen LogP contribution in [0.25, 0.3) is 0 Å². The molecule has 0 fully saturated rings. The topological polar surface area (TPSA) is 20.3 Å². The van der Waals surface area contributed by atoms with Crippen molar-refractivity contribution >= 4 is 5.91 Å². The summed E-state index contributed by atoms with van der Waals surface area (Å²) in [4.78, 5) is 11.7. The molecule has 0 rings (SSSR count). The van der Waals surface area contributed by atoms with Crippen LogP contribution in [0.15, 0.2) is 12.7 Å². The number of nitrogens with zero attached hydrogens (tertiary/aromatic N) is 1. The summed E-state index contributed by atoms with van der Waals surface area (Å²) in [7, 11) is 1.53. The summed E-state index contributed by atoms with van der Waals surface area (Å²) in [6, 6.07) is 0. The van der Waals surface area contributed by atoms with Gasteiger partial charge in [-0.1, -0.05) is 6.08 Å². The van der Waals surface area contributed by atoms with E-state index in [0.29, 0.717) is 6.54 Å². The van der Waals surface area contributed by atoms with Gasteiger partial charge in [-0.05, 0) is 0 Å². The number of carbonyl (C=O) groups is 1. The zero-order valence-corrected chi connectivity index (χ0v) is 5.43. The molecule has 0 unspecified atom stereocenters. The highest BCUT2D eigenvalue weighted by Gasteiger charge is 2.03. The molecule has 1 amide bonds. The van der Waals surface area contributed by atoms with Crippen molar-refractivity contribution in [2.24, 2.45) is 0 Å². The van der Waals surface area contributed by atoms with Gasteiger partial charge in [0.2, 0.25) is 0 Å². The minimum Gasteiger partial charge on any atom is -0.340 e. The predicted molar refractivity (Wildman–Crippen MR) is 33.8 cm³/mol. The Labute approximate surface area is 54.0 Å². The molecule has 0 spiro atoms. The third-order valence-electron chi connectivity index (χ3n) is 0.943. The van der Waals surface area contributed by atoms with Gasteiger partial charge >= 0.3 is 0 Å². The molecule has 0 bridgehead atoms. The summed E-state index contributed by atoms with van der Waals surface area (Å²) in [5.74, 6) is -0.505. The van der Waals surface area contributed by atoms with Crippen LogP contribution < -0.4 is 0 Å². The largest absolute Gasteiger partial charge is 0.340 e. The fraction of sp³-hybridized carbons (Fsp3) is 0.500. The van der Waals surface area contributed by atoms with Crippen molar-refractivity contribution in [2.75, 3.05) is 20.3 Å². The first-order valence-corrected chi connectivity index (χ1v) is 2.63. The van der Waals surface area contributed by atoms with Crippen LogP contribution in [0.5, 0.6) is 0 Å². The molecule has 0 aromatic heterocycles. The Kier molecular flexibility index (Phi) is 3.67. The number of hydrogen-bond donors (Lipinski definition) is 0. The van der Waals surface area contributed by atoms with E-state index < -0.39 is 12.6 Å². The first kappa shape index (κ1) is 8.14. The average molecular weight is 131 g/mol. The molecule has 9 heavy (non-hydrogen) atoms. The highest BCUT2D eigenvalue weighted by molar-refractivity contribution is 5.77. The van der Waals surface area contributed by atoms with E-state index in [4.69, 9.17) is 0 Å². The van der Waals surface area contributed by atoms with Crippen molar-refractivity contribution in [3.63, 3.8) is 0 Å². The lowest BCUT2D eigenvalue weighted by Gasteiger charge is -2.10. The van der Waals surface area contributed by atoms with Crippen molar-refractivity contribution in [2.45, 2.75) is 0 Å². The lowest BCUT2D eigenvalue weighted by Crippen LogP contribution is -2.27. The fourth-order valence-electron chi connectivity index (χ4n) is 0.397. The van der Waals surface area contributed by atoms with Gasteiger partial charge < -0.3 is 4.90 Å². The minimum atomic E-state index is -0.926. The van der Waals surface area contributed by atoms with Crippen LogP contribution in [-0.4, -0.2) is 31.1 Å². The zero-order chi connectivity index (χ0) is 7.28. The molecule has 0 saturated carbocycles. The van der Waals surface area contributed by atoms with Crippen LogP contribution >= 0.6 is 0 Å². The van der Waals surface area contributed by atoms with Gasteiger partial charge in [-0.3, -0.25) is 4.79 Å². The average Bonchev–Trinajstić information content (AvgIpc) is 1.87. The van der Waals surface area contributed by atoms with E-state index in [9.17, 15) is 9.18 Å². The van der Waals surface area contributed by atoms with Gasteiger partial charge in [-0.2, -0.15) is 0 Å². The number of hydrogen-bond acceptors (Lipinski definition) is 1. The van der Waals surface area contributed by atoms with Crippen molar-refractivity contribution in [1.29, 1.82) is 0 Å². The van der Waals surface area contributed by atoms with Crippen molar-refractivity contribution < 1.29 is 9.18 Å². The molecule has 0 saturated heterocycles. The number of carbonyl (C=O) groups excluding carboxylic acids is 1. The van der Waals surface area contributed by atoms with Crippen LogP contribution in [0, 0.1) is 0 Å². The molecule has 3 heteroatoms. The van der Waals surface area contributed by atoms with E-state index in [1.54, 1.807) is 6.08 Å². The Morgan fingerprint density at radius 1 is 1.89 bits per heavy atom. The van der Waals surface area contributed by atoms with Gasteiger partial charge in [0.15, 0.2) is 6.67 Å². The predicted octanol–water partition coefficient (Wildman–Crippen LogP) is 0.600. The number of halogens is 1. The summed E-state index contributed by atoms with van der Waals surface area (Å²) in [5.41, 5.74) is 0. The highest BCUT2D eigenvalue weighted by Crippen LogP contribution is 1.84. The summed E-state index contributed by atoms with van der Waals surface area (Å²) in [5, 5.41) is 0. The number of amides is 1. The standard InChI is InChI=1S/C6H10FNO/c1-3-4-8(2)6(9)5-7/h3H,1,4-5H2,2H3. The van der Waals surface area contributed by atoms with Crippen molar-refractivity contribution in [3.05, 3.63) is 12.7 Å². The fourth-order valence-corrected chi connectivity index (χ4v) is 0.397. The Morgan fingerprint density at radius 3 is 2.78 bits per heavy atom. The van der Waals surface area contributed by atoms with Gasteiger partial charge in [0.05, 0.1) is 0 Å². The Balaban J connectivity index is 3.58. The summed E-state index contributed by atoms with van der Waals surface area (Å²) in [6.07, 6.45) is 1.55. The molecule has 0 radical (unpaired) electrons. The van der Waals surface area contributed by atoms with Gasteiger partial charge in [-0.25, -0.2) is 4.39 Å². The molecule has 52 valence electrons. The van der Waals surface area contributed by atoms with E-state index in [0.717, 1.165) is 0 Å². The Hall–Kier alpha value is -0.860. The number of rotatable bonds is 3. The minimum absolute atomic E-state index is 0.406. The molecule has 0 heterocycles. The summed E-state index contributed by atoms with van der Waals surface area (Å²) < 4.78 is 11.5. The van der Waals surface area contributed by atoms with Crippen LogP contribution in [0.1, 0.15) is 0 Å². The second kappa shape index (κ2) is 4.06. The van der Waals surface area contributed by atoms with Gasteiger partial charge in [0, 0.05) is 13.6 Å². The molecule has 0 N–H and O–H groups in total. The van der Waals surface area contributed by atoms with Crippen LogP contribution in [0.2, 0.25) is 0 Å². The van der Waals surface area contributed by atoms with E-state index in [1.807, 2.05) is 0 Å². The smallest absolute Gasteiger partial charge is 0.253 e. The summed E-state index contributed by atoms with van der Waals surface area (Å²) >= 11 is 0. The zero-order valence-electron chi connectivity index (χ0n) is 5.43. The van der Waals surface area contributed by atoms with Crippen molar-refractivity contribution in [3.8, 4) is 0 Å². The lowest BCUT2D eigenvalue weighted by atomic mass is 10.5. The number of likely N-dealkylation sites (N-methyl/N-ethyl adjacent to an activating group) is 1. The maximum absolute atomic E-state index is 11.5.